The fraction of sp³-hybridized carbons (Fsp3) is 0.333. The Morgan fingerprint density at radius 3 is 2.69 bits per heavy atom. The molecule has 0 spiro atoms. The number of aromatic nitrogens is 2. The largest absolute Gasteiger partial charge is 0.337 e. The molecule has 1 aliphatic carbocycles. The average molecular weight is 215 g/mol. The van der Waals surface area contributed by atoms with Gasteiger partial charge in [0.15, 0.2) is 5.82 Å². The standard InChI is InChI=1S/C12H13N3O/c13-10(8-4-2-1-3-5-8)12-14-11(15-16-12)9-6-7-9/h1-5,9-10H,6-7,13H2/t10-/m1/s1. The Bertz CT molecular complexity index is 476. The van der Waals surface area contributed by atoms with E-state index in [2.05, 4.69) is 10.1 Å². The summed E-state index contributed by atoms with van der Waals surface area (Å²) < 4.78 is 5.20. The van der Waals surface area contributed by atoms with E-state index >= 15 is 0 Å². The predicted molar refractivity (Wildman–Crippen MR) is 58.7 cm³/mol. The molecule has 1 heterocycles. The van der Waals surface area contributed by atoms with Gasteiger partial charge in [0, 0.05) is 5.92 Å². The van der Waals surface area contributed by atoms with Crippen LogP contribution in [0.25, 0.3) is 0 Å². The quantitative estimate of drug-likeness (QED) is 0.850. The van der Waals surface area contributed by atoms with Crippen molar-refractivity contribution in [3.8, 4) is 0 Å². The van der Waals surface area contributed by atoms with Crippen molar-refractivity contribution in [2.24, 2.45) is 5.73 Å². The molecule has 0 amide bonds. The van der Waals surface area contributed by atoms with Crippen LogP contribution in [0, 0.1) is 0 Å². The molecule has 0 unspecified atom stereocenters. The Hall–Kier alpha value is -1.68. The summed E-state index contributed by atoms with van der Waals surface area (Å²) in [6.45, 7) is 0. The molecule has 4 heteroatoms. The van der Waals surface area contributed by atoms with Crippen LogP contribution < -0.4 is 5.73 Å². The number of nitrogens with two attached hydrogens (primary N) is 1. The number of nitrogens with zero attached hydrogens (tertiary/aromatic N) is 2. The second-order valence-corrected chi connectivity index (χ2v) is 4.15. The van der Waals surface area contributed by atoms with Crippen LogP contribution in [0.5, 0.6) is 0 Å². The topological polar surface area (TPSA) is 64.9 Å². The van der Waals surface area contributed by atoms with Gasteiger partial charge in [0.05, 0.1) is 0 Å². The van der Waals surface area contributed by atoms with Crippen molar-refractivity contribution in [2.45, 2.75) is 24.8 Å². The summed E-state index contributed by atoms with van der Waals surface area (Å²) in [5.74, 6) is 1.81. The van der Waals surface area contributed by atoms with E-state index in [0.717, 1.165) is 11.4 Å². The maximum Gasteiger partial charge on any atom is 0.248 e. The molecule has 1 saturated carbocycles. The Kier molecular flexibility index (Phi) is 2.22. The van der Waals surface area contributed by atoms with Crippen molar-refractivity contribution in [1.29, 1.82) is 0 Å². The molecule has 0 bridgehead atoms. The smallest absolute Gasteiger partial charge is 0.248 e. The highest BCUT2D eigenvalue weighted by Gasteiger charge is 2.29. The molecule has 2 aromatic rings. The van der Waals surface area contributed by atoms with E-state index in [1.54, 1.807) is 0 Å². The molecule has 0 saturated heterocycles. The highest BCUT2D eigenvalue weighted by molar-refractivity contribution is 5.23. The molecule has 1 aliphatic rings. The average Bonchev–Trinajstić information content (AvgIpc) is 3.08. The van der Waals surface area contributed by atoms with Crippen LogP contribution in [-0.2, 0) is 0 Å². The van der Waals surface area contributed by atoms with Gasteiger partial charge in [-0.2, -0.15) is 4.98 Å². The Morgan fingerprint density at radius 1 is 1.25 bits per heavy atom. The van der Waals surface area contributed by atoms with E-state index in [-0.39, 0.29) is 6.04 Å². The number of benzene rings is 1. The predicted octanol–water partition coefficient (Wildman–Crippen LogP) is 2.00. The Labute approximate surface area is 93.5 Å². The van der Waals surface area contributed by atoms with Crippen molar-refractivity contribution >= 4 is 0 Å². The Balaban J connectivity index is 1.85. The molecule has 3 rings (SSSR count). The zero-order chi connectivity index (χ0) is 11.0. The molecule has 1 aromatic heterocycles. The summed E-state index contributed by atoms with van der Waals surface area (Å²) in [6, 6.07) is 9.47. The molecule has 0 radical (unpaired) electrons. The maximum absolute atomic E-state index is 6.05. The lowest BCUT2D eigenvalue weighted by Gasteiger charge is -2.05. The van der Waals surface area contributed by atoms with E-state index in [1.807, 2.05) is 30.3 Å². The third-order valence-electron chi connectivity index (χ3n) is 2.82. The zero-order valence-electron chi connectivity index (χ0n) is 8.84. The first-order chi connectivity index (χ1) is 7.84. The van der Waals surface area contributed by atoms with E-state index in [0.29, 0.717) is 11.8 Å². The molecule has 82 valence electrons. The van der Waals surface area contributed by atoms with Crippen LogP contribution >= 0.6 is 0 Å². The van der Waals surface area contributed by atoms with E-state index in [1.165, 1.54) is 12.8 Å². The minimum atomic E-state index is -0.318. The Morgan fingerprint density at radius 2 is 2.00 bits per heavy atom. The third kappa shape index (κ3) is 1.72. The molecule has 1 fully saturated rings. The second-order valence-electron chi connectivity index (χ2n) is 4.15. The molecule has 4 nitrogen and oxygen atoms in total. The second kappa shape index (κ2) is 3.72. The first-order valence-electron chi connectivity index (χ1n) is 5.48. The van der Waals surface area contributed by atoms with Gasteiger partial charge in [0.2, 0.25) is 5.89 Å². The lowest BCUT2D eigenvalue weighted by molar-refractivity contribution is 0.362. The minimum absolute atomic E-state index is 0.318. The summed E-state index contributed by atoms with van der Waals surface area (Å²) in [4.78, 5) is 4.35. The van der Waals surface area contributed by atoms with Gasteiger partial charge in [0.1, 0.15) is 6.04 Å². The van der Waals surface area contributed by atoms with Gasteiger partial charge in [-0.15, -0.1) is 0 Å². The van der Waals surface area contributed by atoms with Crippen LogP contribution in [0.2, 0.25) is 0 Å². The lowest BCUT2D eigenvalue weighted by atomic mass is 10.1. The van der Waals surface area contributed by atoms with E-state index in [4.69, 9.17) is 10.3 Å². The molecular weight excluding hydrogens is 202 g/mol. The highest BCUT2D eigenvalue weighted by atomic mass is 16.5. The molecule has 1 atom stereocenters. The SMILES string of the molecule is N[C@H](c1ccccc1)c1nc(C2CC2)no1. The molecule has 2 N–H and O–H groups in total. The van der Waals surface area contributed by atoms with Crippen LogP contribution in [0.15, 0.2) is 34.9 Å². The van der Waals surface area contributed by atoms with E-state index in [9.17, 15) is 0 Å². The van der Waals surface area contributed by atoms with Gasteiger partial charge in [-0.1, -0.05) is 35.5 Å². The summed E-state index contributed by atoms with van der Waals surface area (Å²) in [7, 11) is 0. The molecule has 0 aliphatic heterocycles. The van der Waals surface area contributed by atoms with Gasteiger partial charge in [-0.25, -0.2) is 0 Å². The molecular formula is C12H13N3O. The van der Waals surface area contributed by atoms with Gasteiger partial charge < -0.3 is 10.3 Å². The minimum Gasteiger partial charge on any atom is -0.337 e. The van der Waals surface area contributed by atoms with Gasteiger partial charge in [0.25, 0.3) is 0 Å². The summed E-state index contributed by atoms with van der Waals surface area (Å²) in [6.07, 6.45) is 2.33. The van der Waals surface area contributed by atoms with Crippen LogP contribution in [-0.4, -0.2) is 10.1 Å². The fourth-order valence-corrected chi connectivity index (χ4v) is 1.68. The normalized spacial score (nSPS) is 17.3. The van der Waals surface area contributed by atoms with Gasteiger partial charge in [-0.3, -0.25) is 0 Å². The third-order valence-corrected chi connectivity index (χ3v) is 2.82. The first-order valence-corrected chi connectivity index (χ1v) is 5.48. The van der Waals surface area contributed by atoms with Crippen molar-refractivity contribution in [2.75, 3.05) is 0 Å². The fourth-order valence-electron chi connectivity index (χ4n) is 1.68. The molecule has 16 heavy (non-hydrogen) atoms. The van der Waals surface area contributed by atoms with Gasteiger partial charge in [-0.05, 0) is 18.4 Å². The van der Waals surface area contributed by atoms with Crippen LogP contribution in [0.4, 0.5) is 0 Å². The summed E-state index contributed by atoms with van der Waals surface area (Å²) in [5.41, 5.74) is 7.05. The number of hydrogen-bond donors (Lipinski definition) is 1. The first kappa shape index (κ1) is 9.54. The van der Waals surface area contributed by atoms with Gasteiger partial charge >= 0.3 is 0 Å². The summed E-state index contributed by atoms with van der Waals surface area (Å²) >= 11 is 0. The van der Waals surface area contributed by atoms with Crippen molar-refractivity contribution in [3.05, 3.63) is 47.6 Å². The van der Waals surface area contributed by atoms with Crippen molar-refractivity contribution in [3.63, 3.8) is 0 Å². The molecule has 1 aromatic carbocycles. The van der Waals surface area contributed by atoms with Crippen LogP contribution in [0.1, 0.15) is 42.1 Å². The summed E-state index contributed by atoms with van der Waals surface area (Å²) in [5, 5.41) is 3.96. The zero-order valence-corrected chi connectivity index (χ0v) is 8.84. The maximum atomic E-state index is 6.05. The number of hydrogen-bond acceptors (Lipinski definition) is 4. The van der Waals surface area contributed by atoms with Crippen molar-refractivity contribution in [1.82, 2.24) is 10.1 Å². The van der Waals surface area contributed by atoms with Crippen molar-refractivity contribution < 1.29 is 4.52 Å². The van der Waals surface area contributed by atoms with E-state index < -0.39 is 0 Å². The lowest BCUT2D eigenvalue weighted by Crippen LogP contribution is -2.12. The monoisotopic (exact) mass is 215 g/mol. The highest BCUT2D eigenvalue weighted by Crippen LogP contribution is 2.38. The number of rotatable bonds is 3. The van der Waals surface area contributed by atoms with Crippen LogP contribution in [0.3, 0.4) is 0 Å².